The average molecular weight is 286 g/mol. The zero-order valence-electron chi connectivity index (χ0n) is 12.2. The second-order valence-electron chi connectivity index (χ2n) is 5.07. The van der Waals surface area contributed by atoms with Crippen LogP contribution in [-0.4, -0.2) is 12.5 Å². The van der Waals surface area contributed by atoms with Crippen LogP contribution in [0.15, 0.2) is 48.5 Å². The topological polar surface area (TPSA) is 41.1 Å². The summed E-state index contributed by atoms with van der Waals surface area (Å²) in [4.78, 5) is 11.9. The number of rotatable bonds is 5. The fraction of sp³-hybridized carbons (Fsp3) is 0.235. The number of hydrogen-bond donors (Lipinski definition) is 2. The fourth-order valence-corrected chi connectivity index (χ4v) is 2.04. The van der Waals surface area contributed by atoms with E-state index in [9.17, 15) is 9.18 Å². The molecule has 1 atom stereocenters. The molecule has 0 aliphatic carbocycles. The van der Waals surface area contributed by atoms with Crippen molar-refractivity contribution in [3.8, 4) is 0 Å². The Morgan fingerprint density at radius 3 is 2.57 bits per heavy atom. The van der Waals surface area contributed by atoms with Gasteiger partial charge in [-0.05, 0) is 49.2 Å². The maximum atomic E-state index is 12.9. The number of anilines is 1. The second-order valence-corrected chi connectivity index (χ2v) is 5.07. The third-order valence-corrected chi connectivity index (χ3v) is 3.24. The van der Waals surface area contributed by atoms with Crippen LogP contribution in [0.3, 0.4) is 0 Å². The molecule has 0 fully saturated rings. The number of benzene rings is 2. The van der Waals surface area contributed by atoms with Crippen LogP contribution < -0.4 is 10.6 Å². The summed E-state index contributed by atoms with van der Waals surface area (Å²) in [7, 11) is 0. The molecule has 21 heavy (non-hydrogen) atoms. The fourth-order valence-electron chi connectivity index (χ4n) is 2.04. The van der Waals surface area contributed by atoms with Gasteiger partial charge in [0.25, 0.3) is 0 Å². The minimum atomic E-state index is -0.261. The predicted octanol–water partition coefficient (Wildman–Crippen LogP) is 3.42. The van der Waals surface area contributed by atoms with Gasteiger partial charge in [0, 0.05) is 11.7 Å². The van der Waals surface area contributed by atoms with Gasteiger partial charge in [-0.3, -0.25) is 4.79 Å². The third-order valence-electron chi connectivity index (χ3n) is 3.24. The van der Waals surface area contributed by atoms with Crippen LogP contribution in [0.5, 0.6) is 0 Å². The molecule has 2 rings (SSSR count). The van der Waals surface area contributed by atoms with Crippen LogP contribution in [0, 0.1) is 12.7 Å². The molecule has 0 saturated carbocycles. The first-order valence-electron chi connectivity index (χ1n) is 6.90. The SMILES string of the molecule is Cc1cccc(NC(=O)CNC(C)c2ccc(F)cc2)c1. The van der Waals surface area contributed by atoms with Crippen molar-refractivity contribution in [3.05, 3.63) is 65.5 Å². The van der Waals surface area contributed by atoms with Crippen LogP contribution >= 0.6 is 0 Å². The van der Waals surface area contributed by atoms with Gasteiger partial charge in [-0.2, -0.15) is 0 Å². The third kappa shape index (κ3) is 4.68. The van der Waals surface area contributed by atoms with Gasteiger partial charge in [0.15, 0.2) is 0 Å². The highest BCUT2D eigenvalue weighted by Gasteiger charge is 2.08. The summed E-state index contributed by atoms with van der Waals surface area (Å²) in [5.41, 5.74) is 2.83. The first-order chi connectivity index (χ1) is 10.0. The highest BCUT2D eigenvalue weighted by atomic mass is 19.1. The Hall–Kier alpha value is -2.20. The molecule has 0 radical (unpaired) electrons. The minimum Gasteiger partial charge on any atom is -0.325 e. The Labute approximate surface area is 124 Å². The molecule has 0 aliphatic rings. The van der Waals surface area contributed by atoms with Gasteiger partial charge in [0.1, 0.15) is 5.82 Å². The molecule has 1 unspecified atom stereocenters. The van der Waals surface area contributed by atoms with Gasteiger partial charge in [0.2, 0.25) is 5.91 Å². The molecule has 0 heterocycles. The first-order valence-corrected chi connectivity index (χ1v) is 6.90. The second kappa shape index (κ2) is 6.99. The molecule has 2 aromatic carbocycles. The van der Waals surface area contributed by atoms with E-state index in [1.165, 1.54) is 12.1 Å². The summed E-state index contributed by atoms with van der Waals surface area (Å²) < 4.78 is 12.9. The maximum Gasteiger partial charge on any atom is 0.238 e. The number of carbonyl (C=O) groups excluding carboxylic acids is 1. The van der Waals surface area contributed by atoms with E-state index in [-0.39, 0.29) is 24.3 Å². The zero-order chi connectivity index (χ0) is 15.2. The van der Waals surface area contributed by atoms with E-state index in [4.69, 9.17) is 0 Å². The number of nitrogens with one attached hydrogen (secondary N) is 2. The van der Waals surface area contributed by atoms with E-state index in [2.05, 4.69) is 10.6 Å². The van der Waals surface area contributed by atoms with Crippen LogP contribution in [-0.2, 0) is 4.79 Å². The van der Waals surface area contributed by atoms with Crippen molar-refractivity contribution in [3.63, 3.8) is 0 Å². The van der Waals surface area contributed by atoms with E-state index in [0.717, 1.165) is 16.8 Å². The van der Waals surface area contributed by atoms with E-state index >= 15 is 0 Å². The molecule has 2 aromatic rings. The van der Waals surface area contributed by atoms with Crippen molar-refractivity contribution in [2.24, 2.45) is 0 Å². The lowest BCUT2D eigenvalue weighted by atomic mass is 10.1. The van der Waals surface area contributed by atoms with Gasteiger partial charge in [-0.25, -0.2) is 4.39 Å². The van der Waals surface area contributed by atoms with Gasteiger partial charge in [-0.1, -0.05) is 24.3 Å². The molecule has 0 bridgehead atoms. The average Bonchev–Trinajstić information content (AvgIpc) is 2.45. The Bertz CT molecular complexity index is 610. The molecule has 0 aliphatic heterocycles. The van der Waals surface area contributed by atoms with Crippen molar-refractivity contribution >= 4 is 11.6 Å². The molecule has 1 amide bonds. The van der Waals surface area contributed by atoms with Crippen molar-refractivity contribution in [1.29, 1.82) is 0 Å². The molecule has 3 nitrogen and oxygen atoms in total. The number of aryl methyl sites for hydroxylation is 1. The summed E-state index contributed by atoms with van der Waals surface area (Å²) >= 11 is 0. The van der Waals surface area contributed by atoms with Crippen LogP contribution in [0.25, 0.3) is 0 Å². The molecule has 0 saturated heterocycles. The Morgan fingerprint density at radius 1 is 1.19 bits per heavy atom. The van der Waals surface area contributed by atoms with Gasteiger partial charge in [-0.15, -0.1) is 0 Å². The Balaban J connectivity index is 1.84. The number of carbonyl (C=O) groups is 1. The highest BCUT2D eigenvalue weighted by Crippen LogP contribution is 2.13. The predicted molar refractivity (Wildman–Crippen MR) is 82.6 cm³/mol. The molecule has 4 heteroatoms. The number of amides is 1. The smallest absolute Gasteiger partial charge is 0.238 e. The molecule has 0 aromatic heterocycles. The summed E-state index contributed by atoms with van der Waals surface area (Å²) in [5, 5.41) is 5.96. The van der Waals surface area contributed by atoms with Crippen LogP contribution in [0.4, 0.5) is 10.1 Å². The lowest BCUT2D eigenvalue weighted by Crippen LogP contribution is -2.30. The van der Waals surface area contributed by atoms with Gasteiger partial charge >= 0.3 is 0 Å². The van der Waals surface area contributed by atoms with Crippen molar-refractivity contribution in [2.75, 3.05) is 11.9 Å². The standard InChI is InChI=1S/C17H19FN2O/c1-12-4-3-5-16(10-12)20-17(21)11-19-13(2)14-6-8-15(18)9-7-14/h3-10,13,19H,11H2,1-2H3,(H,20,21). The van der Waals surface area contributed by atoms with Gasteiger partial charge < -0.3 is 10.6 Å². The lowest BCUT2D eigenvalue weighted by Gasteiger charge is -2.14. The minimum absolute atomic E-state index is 0.0196. The van der Waals surface area contributed by atoms with E-state index < -0.39 is 0 Å². The van der Waals surface area contributed by atoms with Crippen molar-refractivity contribution in [1.82, 2.24) is 5.32 Å². The number of hydrogen-bond acceptors (Lipinski definition) is 2. The van der Waals surface area contributed by atoms with Crippen molar-refractivity contribution < 1.29 is 9.18 Å². The molecule has 0 spiro atoms. The first kappa shape index (κ1) is 15.2. The summed E-state index contributed by atoms with van der Waals surface area (Å²) in [6, 6.07) is 13.9. The Kier molecular flexibility index (Phi) is 5.06. The molecule has 110 valence electrons. The molecule has 2 N–H and O–H groups in total. The zero-order valence-corrected chi connectivity index (χ0v) is 12.2. The van der Waals surface area contributed by atoms with E-state index in [1.54, 1.807) is 12.1 Å². The summed E-state index contributed by atoms with van der Waals surface area (Å²) in [5.74, 6) is -0.363. The molecular weight excluding hydrogens is 267 g/mol. The number of halogens is 1. The summed E-state index contributed by atoms with van der Waals surface area (Å²) in [6.45, 7) is 4.12. The highest BCUT2D eigenvalue weighted by molar-refractivity contribution is 5.92. The normalized spacial score (nSPS) is 12.0. The van der Waals surface area contributed by atoms with Crippen molar-refractivity contribution in [2.45, 2.75) is 19.9 Å². The van der Waals surface area contributed by atoms with Crippen LogP contribution in [0.2, 0.25) is 0 Å². The Morgan fingerprint density at radius 2 is 1.90 bits per heavy atom. The maximum absolute atomic E-state index is 12.9. The lowest BCUT2D eigenvalue weighted by molar-refractivity contribution is -0.115. The summed E-state index contributed by atoms with van der Waals surface area (Å²) in [6.07, 6.45) is 0. The van der Waals surface area contributed by atoms with E-state index in [1.807, 2.05) is 38.1 Å². The van der Waals surface area contributed by atoms with Crippen LogP contribution in [0.1, 0.15) is 24.1 Å². The van der Waals surface area contributed by atoms with Gasteiger partial charge in [0.05, 0.1) is 6.54 Å². The largest absolute Gasteiger partial charge is 0.325 e. The van der Waals surface area contributed by atoms with E-state index in [0.29, 0.717) is 0 Å². The molecular formula is C17H19FN2O. The monoisotopic (exact) mass is 286 g/mol. The quantitative estimate of drug-likeness (QED) is 0.884.